The first kappa shape index (κ1) is 27.7. The molecule has 11 nitrogen and oxygen atoms in total. The summed E-state index contributed by atoms with van der Waals surface area (Å²) in [5.41, 5.74) is 11.6. The van der Waals surface area contributed by atoms with Crippen molar-refractivity contribution in [1.29, 1.82) is 5.26 Å². The average molecular weight is 485 g/mol. The maximum atomic E-state index is 11.1. The van der Waals surface area contributed by atoms with Gasteiger partial charge in [0.2, 0.25) is 0 Å². The Hall–Kier alpha value is -3.56. The number of nitriles is 1. The molecule has 1 saturated heterocycles. The maximum absolute atomic E-state index is 11.1. The van der Waals surface area contributed by atoms with E-state index < -0.39 is 17.9 Å². The topological polar surface area (TPSA) is 182 Å². The SMILES string of the molecule is CCC.N#CC1(c2ccc3c(N)ncnn23)CCC(COC(=O)CN)O1.OC(O)c1ccccc1. The number of aliphatic hydroxyl groups is 2. The standard InChI is InChI=1S/C14H16N6O3.C7H8O2.C3H8/c15-5-12(21)22-6-9-3-4-14(7-16,23-9)11-2-1-10-13(17)18-8-19-20(10)11;8-7(9)6-4-2-1-3-5-6;1-3-2/h1-2,8-9H,3-6,15H2,(H2,17,18,19);1-5,7-9H;3H2,1-2H3. The van der Waals surface area contributed by atoms with E-state index in [9.17, 15) is 10.1 Å². The predicted molar refractivity (Wildman–Crippen MR) is 128 cm³/mol. The highest BCUT2D eigenvalue weighted by Crippen LogP contribution is 2.39. The van der Waals surface area contributed by atoms with Crippen molar-refractivity contribution in [3.8, 4) is 6.07 Å². The number of fused-ring (bicyclic) bond motifs is 1. The van der Waals surface area contributed by atoms with Crippen LogP contribution in [0.15, 0.2) is 48.8 Å². The number of ether oxygens (including phenoxy) is 2. The molecule has 35 heavy (non-hydrogen) atoms. The van der Waals surface area contributed by atoms with Gasteiger partial charge in [0, 0.05) is 5.56 Å². The van der Waals surface area contributed by atoms with Gasteiger partial charge in [0.1, 0.15) is 24.5 Å². The summed E-state index contributed by atoms with van der Waals surface area (Å²) in [6.07, 6.45) is 1.91. The number of hydrogen-bond donors (Lipinski definition) is 4. The van der Waals surface area contributed by atoms with Gasteiger partial charge >= 0.3 is 5.97 Å². The smallest absolute Gasteiger partial charge is 0.319 e. The number of benzene rings is 1. The zero-order valence-electron chi connectivity index (χ0n) is 19.9. The summed E-state index contributed by atoms with van der Waals surface area (Å²) in [6.45, 7) is 4.13. The lowest BCUT2D eigenvalue weighted by molar-refractivity contribution is -0.147. The first-order chi connectivity index (χ1) is 16.8. The zero-order chi connectivity index (χ0) is 25.8. The van der Waals surface area contributed by atoms with E-state index >= 15 is 0 Å². The van der Waals surface area contributed by atoms with Crippen LogP contribution in [0.5, 0.6) is 0 Å². The van der Waals surface area contributed by atoms with Crippen molar-refractivity contribution in [3.05, 3.63) is 60.0 Å². The van der Waals surface area contributed by atoms with Crippen molar-refractivity contribution in [2.45, 2.75) is 51.1 Å². The summed E-state index contributed by atoms with van der Waals surface area (Å²) in [6, 6.07) is 14.4. The normalized spacial score (nSPS) is 18.7. The maximum Gasteiger partial charge on any atom is 0.319 e. The number of hydrogen-bond acceptors (Lipinski definition) is 10. The summed E-state index contributed by atoms with van der Waals surface area (Å²) in [4.78, 5) is 15.1. The molecule has 2 unspecified atom stereocenters. The number of carbonyl (C=O) groups excluding carboxylic acids is 1. The quantitative estimate of drug-likeness (QED) is 0.308. The summed E-state index contributed by atoms with van der Waals surface area (Å²) in [5.74, 6) is -0.178. The third kappa shape index (κ3) is 7.21. The van der Waals surface area contributed by atoms with Crippen molar-refractivity contribution in [2.24, 2.45) is 5.73 Å². The largest absolute Gasteiger partial charge is 0.462 e. The Bertz CT molecular complexity index is 1110. The number of esters is 1. The molecule has 3 aromatic rings. The lowest BCUT2D eigenvalue weighted by Gasteiger charge is -2.21. The van der Waals surface area contributed by atoms with Crippen molar-refractivity contribution in [2.75, 3.05) is 18.9 Å². The molecule has 0 amide bonds. The van der Waals surface area contributed by atoms with E-state index in [1.54, 1.807) is 40.9 Å². The van der Waals surface area contributed by atoms with Crippen molar-refractivity contribution in [3.63, 3.8) is 0 Å². The average Bonchev–Trinajstić information content (AvgIpc) is 3.50. The molecule has 188 valence electrons. The number of aliphatic hydroxyl groups excluding tert-OH is 1. The molecule has 1 aliphatic heterocycles. The van der Waals surface area contributed by atoms with E-state index in [0.29, 0.717) is 35.4 Å². The van der Waals surface area contributed by atoms with E-state index in [1.165, 1.54) is 12.7 Å². The molecule has 0 spiro atoms. The van der Waals surface area contributed by atoms with Gasteiger partial charge in [-0.2, -0.15) is 10.4 Å². The molecule has 0 saturated carbocycles. The highest BCUT2D eigenvalue weighted by atomic mass is 16.6. The van der Waals surface area contributed by atoms with Gasteiger partial charge in [-0.1, -0.05) is 50.6 Å². The molecule has 1 fully saturated rings. The number of anilines is 1. The molecule has 0 radical (unpaired) electrons. The highest BCUT2D eigenvalue weighted by Gasteiger charge is 2.45. The number of rotatable bonds is 5. The molecule has 11 heteroatoms. The number of nitrogens with zero attached hydrogens (tertiary/aromatic N) is 4. The molecule has 1 aliphatic rings. The van der Waals surface area contributed by atoms with E-state index in [-0.39, 0.29) is 19.3 Å². The van der Waals surface area contributed by atoms with E-state index in [0.717, 1.165) is 0 Å². The molecule has 6 N–H and O–H groups in total. The third-order valence-electron chi connectivity index (χ3n) is 4.96. The lowest BCUT2D eigenvalue weighted by Crippen LogP contribution is -2.29. The molecule has 0 aliphatic carbocycles. The van der Waals surface area contributed by atoms with Gasteiger partial charge in [0.25, 0.3) is 0 Å². The Labute approximate surface area is 203 Å². The van der Waals surface area contributed by atoms with Gasteiger partial charge in [-0.05, 0) is 25.0 Å². The number of carbonyl (C=O) groups is 1. The van der Waals surface area contributed by atoms with Crippen LogP contribution in [0, 0.1) is 11.3 Å². The minimum atomic E-state index is -1.34. The number of aromatic nitrogens is 3. The van der Waals surface area contributed by atoms with Crippen LogP contribution in [0.25, 0.3) is 5.52 Å². The van der Waals surface area contributed by atoms with Gasteiger partial charge in [0.05, 0.1) is 18.3 Å². The minimum Gasteiger partial charge on any atom is -0.462 e. The van der Waals surface area contributed by atoms with Crippen molar-refractivity contribution in [1.82, 2.24) is 14.6 Å². The second-order valence-corrected chi connectivity index (χ2v) is 7.76. The van der Waals surface area contributed by atoms with Crippen LogP contribution < -0.4 is 11.5 Å². The van der Waals surface area contributed by atoms with Crippen LogP contribution in [0.2, 0.25) is 0 Å². The van der Waals surface area contributed by atoms with E-state index in [1.807, 2.05) is 6.07 Å². The Kier molecular flexibility index (Phi) is 10.6. The van der Waals surface area contributed by atoms with Gasteiger partial charge in [-0.3, -0.25) is 4.79 Å². The first-order valence-corrected chi connectivity index (χ1v) is 11.3. The fraction of sp³-hybridized carbons (Fsp3) is 0.417. The Morgan fingerprint density at radius 1 is 1.31 bits per heavy atom. The van der Waals surface area contributed by atoms with Gasteiger partial charge in [-0.25, -0.2) is 9.50 Å². The van der Waals surface area contributed by atoms with Crippen LogP contribution in [-0.4, -0.2) is 50.0 Å². The van der Waals surface area contributed by atoms with E-state index in [2.05, 4.69) is 30.0 Å². The Morgan fingerprint density at radius 2 is 2.00 bits per heavy atom. The Balaban J connectivity index is 0.000000299. The fourth-order valence-electron chi connectivity index (χ4n) is 3.34. The van der Waals surface area contributed by atoms with Crippen LogP contribution >= 0.6 is 0 Å². The summed E-state index contributed by atoms with van der Waals surface area (Å²) < 4.78 is 12.4. The lowest BCUT2D eigenvalue weighted by atomic mass is 9.98. The zero-order valence-corrected chi connectivity index (χ0v) is 19.9. The van der Waals surface area contributed by atoms with Crippen molar-refractivity contribution >= 4 is 17.3 Å². The predicted octanol–water partition coefficient (Wildman–Crippen LogP) is 1.80. The van der Waals surface area contributed by atoms with E-state index in [4.69, 9.17) is 31.2 Å². The molecule has 3 heterocycles. The molecule has 1 aromatic carbocycles. The fourth-order valence-corrected chi connectivity index (χ4v) is 3.34. The molecular weight excluding hydrogens is 452 g/mol. The number of nitrogens with two attached hydrogens (primary N) is 2. The second kappa shape index (κ2) is 13.4. The highest BCUT2D eigenvalue weighted by molar-refractivity contribution is 5.71. The molecule has 2 aromatic heterocycles. The second-order valence-electron chi connectivity index (χ2n) is 7.76. The molecule has 0 bridgehead atoms. The summed E-state index contributed by atoms with van der Waals surface area (Å²) in [7, 11) is 0. The monoisotopic (exact) mass is 484 g/mol. The van der Waals surface area contributed by atoms with Gasteiger partial charge in [-0.15, -0.1) is 0 Å². The first-order valence-electron chi connectivity index (χ1n) is 11.3. The molecule has 2 atom stereocenters. The van der Waals surface area contributed by atoms with Crippen LogP contribution in [-0.2, 0) is 19.9 Å². The summed E-state index contributed by atoms with van der Waals surface area (Å²) >= 11 is 0. The van der Waals surface area contributed by atoms with Crippen LogP contribution in [0.1, 0.15) is 50.7 Å². The van der Waals surface area contributed by atoms with Crippen LogP contribution in [0.4, 0.5) is 5.82 Å². The molecular formula is C24H32N6O5. The van der Waals surface area contributed by atoms with Gasteiger partial charge < -0.3 is 31.2 Å². The van der Waals surface area contributed by atoms with Crippen LogP contribution in [0.3, 0.4) is 0 Å². The third-order valence-corrected chi connectivity index (χ3v) is 4.96. The minimum absolute atomic E-state index is 0.0693. The van der Waals surface area contributed by atoms with Crippen molar-refractivity contribution < 1.29 is 24.5 Å². The Morgan fingerprint density at radius 3 is 2.57 bits per heavy atom. The molecule has 4 rings (SSSR count). The number of nitrogen functional groups attached to an aromatic ring is 1. The summed E-state index contributed by atoms with van der Waals surface area (Å²) in [5, 5.41) is 31.0. The van der Waals surface area contributed by atoms with Gasteiger partial charge in [0.15, 0.2) is 17.7 Å².